The van der Waals surface area contributed by atoms with Crippen molar-refractivity contribution >= 4 is 23.0 Å². The summed E-state index contributed by atoms with van der Waals surface area (Å²) < 4.78 is 4.84. The number of carbonyl (C=O) groups is 1. The number of nitrogens with one attached hydrogen (secondary N) is 1. The number of carbonyl (C=O) groups excluding carboxylic acids is 1. The van der Waals surface area contributed by atoms with Crippen LogP contribution in [-0.2, 0) is 0 Å². The molecule has 1 N–H and O–H groups in total. The molecule has 0 spiro atoms. The van der Waals surface area contributed by atoms with Crippen molar-refractivity contribution in [2.24, 2.45) is 0 Å². The second kappa shape index (κ2) is 5.18. The van der Waals surface area contributed by atoms with Crippen LogP contribution in [0.2, 0.25) is 0 Å². The molecule has 0 saturated carbocycles. The molecule has 1 aromatic carbocycles. The van der Waals surface area contributed by atoms with Crippen LogP contribution >= 0.6 is 0 Å². The third kappa shape index (κ3) is 2.61. The van der Waals surface area contributed by atoms with Crippen LogP contribution in [0.1, 0.15) is 10.6 Å². The molecule has 0 saturated heterocycles. The Morgan fingerprint density at radius 1 is 1.15 bits per heavy atom. The highest BCUT2D eigenvalue weighted by molar-refractivity contribution is 6.03. The van der Waals surface area contributed by atoms with Gasteiger partial charge in [-0.2, -0.15) is 0 Å². The molecular weight excluding hydrogens is 270 g/mol. The number of furan rings is 1. The van der Waals surface area contributed by atoms with Gasteiger partial charge in [0, 0.05) is 6.07 Å². The number of benzene rings is 1. The SMILES string of the molecule is O=C(Nc1ccc([N+](=O)[O-])cc1[N+](=O)[O-])c1ccco1. The quantitative estimate of drug-likeness (QED) is 0.674. The first-order chi connectivity index (χ1) is 9.49. The van der Waals surface area contributed by atoms with Crippen LogP contribution in [0.15, 0.2) is 41.0 Å². The minimum absolute atomic E-state index is 0.0300. The smallest absolute Gasteiger partial charge is 0.299 e. The number of non-ortho nitro benzene ring substituents is 1. The summed E-state index contributed by atoms with van der Waals surface area (Å²) in [5.41, 5.74) is -1.16. The first-order valence-electron chi connectivity index (χ1n) is 5.26. The van der Waals surface area contributed by atoms with Crippen LogP contribution in [0.25, 0.3) is 0 Å². The Morgan fingerprint density at radius 2 is 1.90 bits per heavy atom. The van der Waals surface area contributed by atoms with Crippen molar-refractivity contribution in [3.8, 4) is 0 Å². The molecule has 0 aliphatic heterocycles. The van der Waals surface area contributed by atoms with Gasteiger partial charge in [-0.1, -0.05) is 0 Å². The van der Waals surface area contributed by atoms with E-state index in [9.17, 15) is 25.0 Å². The summed E-state index contributed by atoms with van der Waals surface area (Å²) in [6.45, 7) is 0. The summed E-state index contributed by atoms with van der Waals surface area (Å²) in [5, 5.41) is 23.7. The molecule has 2 rings (SSSR count). The van der Waals surface area contributed by atoms with Crippen LogP contribution in [0.5, 0.6) is 0 Å². The maximum Gasteiger partial charge on any atom is 0.299 e. The van der Waals surface area contributed by atoms with Gasteiger partial charge in [0.1, 0.15) is 5.69 Å². The fraction of sp³-hybridized carbons (Fsp3) is 0. The van der Waals surface area contributed by atoms with E-state index in [-0.39, 0.29) is 11.4 Å². The highest BCUT2D eigenvalue weighted by Gasteiger charge is 2.21. The summed E-state index contributed by atoms with van der Waals surface area (Å²) in [6.07, 6.45) is 1.28. The number of amides is 1. The van der Waals surface area contributed by atoms with Gasteiger partial charge < -0.3 is 9.73 Å². The molecule has 20 heavy (non-hydrogen) atoms. The molecule has 0 aliphatic carbocycles. The van der Waals surface area contributed by atoms with E-state index in [2.05, 4.69) is 5.32 Å². The van der Waals surface area contributed by atoms with Crippen LogP contribution in [0.3, 0.4) is 0 Å². The van der Waals surface area contributed by atoms with E-state index >= 15 is 0 Å². The van der Waals surface area contributed by atoms with Crippen LogP contribution in [0.4, 0.5) is 17.1 Å². The Hall–Kier alpha value is -3.23. The molecule has 9 nitrogen and oxygen atoms in total. The molecule has 2 aromatic rings. The number of nitro groups is 2. The van der Waals surface area contributed by atoms with Gasteiger partial charge in [-0.3, -0.25) is 25.0 Å². The monoisotopic (exact) mass is 277 g/mol. The minimum Gasteiger partial charge on any atom is -0.459 e. The van der Waals surface area contributed by atoms with Crippen molar-refractivity contribution < 1.29 is 19.1 Å². The average molecular weight is 277 g/mol. The Morgan fingerprint density at radius 3 is 2.45 bits per heavy atom. The number of nitrogens with zero attached hydrogens (tertiary/aromatic N) is 2. The summed E-state index contributed by atoms with van der Waals surface area (Å²) in [4.78, 5) is 31.6. The maximum absolute atomic E-state index is 11.7. The van der Waals surface area contributed by atoms with Crippen LogP contribution < -0.4 is 5.32 Å². The highest BCUT2D eigenvalue weighted by Crippen LogP contribution is 2.29. The lowest BCUT2D eigenvalue weighted by Gasteiger charge is -2.04. The minimum atomic E-state index is -0.815. The summed E-state index contributed by atoms with van der Waals surface area (Å²) in [7, 11) is 0. The molecule has 0 unspecified atom stereocenters. The van der Waals surface area contributed by atoms with E-state index in [0.29, 0.717) is 0 Å². The molecule has 0 radical (unpaired) electrons. The Kier molecular flexibility index (Phi) is 3.42. The summed E-state index contributed by atoms with van der Waals surface area (Å²) >= 11 is 0. The maximum atomic E-state index is 11.7. The number of hydrogen-bond donors (Lipinski definition) is 1. The van der Waals surface area contributed by atoms with E-state index < -0.39 is 27.1 Å². The highest BCUT2D eigenvalue weighted by atomic mass is 16.6. The third-order valence-electron chi connectivity index (χ3n) is 2.38. The lowest BCUT2D eigenvalue weighted by Crippen LogP contribution is -2.12. The lowest BCUT2D eigenvalue weighted by atomic mass is 10.2. The Labute approximate surface area is 111 Å². The lowest BCUT2D eigenvalue weighted by molar-refractivity contribution is -0.393. The van der Waals surface area contributed by atoms with Gasteiger partial charge >= 0.3 is 0 Å². The van der Waals surface area contributed by atoms with Crippen molar-refractivity contribution in [3.63, 3.8) is 0 Å². The first kappa shape index (κ1) is 13.2. The Bertz CT molecular complexity index is 679. The van der Waals surface area contributed by atoms with Gasteiger partial charge in [0.25, 0.3) is 17.3 Å². The normalized spacial score (nSPS) is 10.0. The summed E-state index contributed by atoms with van der Waals surface area (Å²) in [5.74, 6) is -0.718. The van der Waals surface area contributed by atoms with Gasteiger partial charge in [0.2, 0.25) is 0 Å². The number of hydrogen-bond acceptors (Lipinski definition) is 6. The number of nitro benzene ring substituents is 2. The van der Waals surface area contributed by atoms with E-state index in [1.165, 1.54) is 18.4 Å². The molecule has 9 heteroatoms. The average Bonchev–Trinajstić information content (AvgIpc) is 2.92. The van der Waals surface area contributed by atoms with Crippen molar-refractivity contribution in [2.75, 3.05) is 5.32 Å². The van der Waals surface area contributed by atoms with Crippen molar-refractivity contribution in [3.05, 3.63) is 62.6 Å². The van der Waals surface area contributed by atoms with Gasteiger partial charge in [-0.05, 0) is 18.2 Å². The topological polar surface area (TPSA) is 129 Å². The first-order valence-corrected chi connectivity index (χ1v) is 5.26. The predicted molar refractivity (Wildman–Crippen MR) is 66.4 cm³/mol. The van der Waals surface area contributed by atoms with Gasteiger partial charge in [0.15, 0.2) is 5.76 Å². The molecule has 1 amide bonds. The van der Waals surface area contributed by atoms with Gasteiger partial charge in [-0.25, -0.2) is 0 Å². The molecule has 0 atom stereocenters. The molecule has 0 fully saturated rings. The van der Waals surface area contributed by atoms with E-state index in [0.717, 1.165) is 18.2 Å². The second-order valence-electron chi connectivity index (χ2n) is 3.65. The zero-order valence-corrected chi connectivity index (χ0v) is 9.81. The second-order valence-corrected chi connectivity index (χ2v) is 3.65. The Balaban J connectivity index is 2.34. The van der Waals surface area contributed by atoms with E-state index in [4.69, 9.17) is 4.42 Å². The number of rotatable bonds is 4. The number of anilines is 1. The largest absolute Gasteiger partial charge is 0.459 e. The predicted octanol–water partition coefficient (Wildman–Crippen LogP) is 2.35. The molecule has 1 heterocycles. The van der Waals surface area contributed by atoms with Gasteiger partial charge in [-0.15, -0.1) is 0 Å². The zero-order chi connectivity index (χ0) is 14.7. The molecular formula is C11H7N3O6. The molecule has 102 valence electrons. The molecule has 0 aliphatic rings. The van der Waals surface area contributed by atoms with Crippen molar-refractivity contribution in [1.82, 2.24) is 0 Å². The van der Waals surface area contributed by atoms with Crippen molar-refractivity contribution in [2.45, 2.75) is 0 Å². The third-order valence-corrected chi connectivity index (χ3v) is 2.38. The fourth-order valence-corrected chi connectivity index (χ4v) is 1.48. The van der Waals surface area contributed by atoms with E-state index in [1.807, 2.05) is 0 Å². The van der Waals surface area contributed by atoms with E-state index in [1.54, 1.807) is 0 Å². The van der Waals surface area contributed by atoms with Crippen molar-refractivity contribution in [1.29, 1.82) is 0 Å². The van der Waals surface area contributed by atoms with Crippen LogP contribution in [-0.4, -0.2) is 15.8 Å². The zero-order valence-electron chi connectivity index (χ0n) is 9.81. The molecule has 0 bridgehead atoms. The van der Waals surface area contributed by atoms with Crippen LogP contribution in [0, 0.1) is 20.2 Å². The summed E-state index contributed by atoms with van der Waals surface area (Å²) in [6, 6.07) is 5.80. The molecule has 1 aromatic heterocycles. The van der Waals surface area contributed by atoms with Gasteiger partial charge in [0.05, 0.1) is 22.2 Å². The fourth-order valence-electron chi connectivity index (χ4n) is 1.48. The standard InChI is InChI=1S/C11H7N3O6/c15-11(10-2-1-5-20-10)12-8-4-3-7(13(16)17)6-9(8)14(18)19/h1-6H,(H,12,15).